The first-order valence-corrected chi connectivity index (χ1v) is 6.47. The van der Waals surface area contributed by atoms with Gasteiger partial charge in [-0.25, -0.2) is 4.39 Å². The van der Waals surface area contributed by atoms with Crippen molar-refractivity contribution < 1.29 is 18.7 Å². The van der Waals surface area contributed by atoms with E-state index in [1.807, 2.05) is 0 Å². The smallest absolute Gasteiger partial charge is 0.222 e. The highest BCUT2D eigenvalue weighted by Crippen LogP contribution is 2.13. The van der Waals surface area contributed by atoms with Crippen LogP contribution in [-0.2, 0) is 9.53 Å². The summed E-state index contributed by atoms with van der Waals surface area (Å²) in [5.74, 6) is -0.0786. The summed E-state index contributed by atoms with van der Waals surface area (Å²) in [4.78, 5) is 11.6. The third-order valence-electron chi connectivity index (χ3n) is 2.73. The predicted octanol–water partition coefficient (Wildman–Crippen LogP) is 1.49. The molecule has 1 rings (SSSR count). The number of amides is 1. The topological polar surface area (TPSA) is 73.6 Å². The number of benzene rings is 1. The second-order valence-corrected chi connectivity index (χ2v) is 4.49. The number of hydrogen-bond acceptors (Lipinski definition) is 4. The fourth-order valence-electron chi connectivity index (χ4n) is 1.61. The molecule has 1 amide bonds. The van der Waals surface area contributed by atoms with Crippen LogP contribution in [0.15, 0.2) is 24.3 Å². The average molecular weight is 321 g/mol. The van der Waals surface area contributed by atoms with Crippen LogP contribution >= 0.6 is 12.4 Å². The van der Waals surface area contributed by atoms with E-state index in [0.29, 0.717) is 18.8 Å². The van der Waals surface area contributed by atoms with E-state index in [-0.39, 0.29) is 42.8 Å². The summed E-state index contributed by atoms with van der Waals surface area (Å²) < 4.78 is 23.5. The summed E-state index contributed by atoms with van der Waals surface area (Å²) in [7, 11) is 1.51. The van der Waals surface area contributed by atoms with Gasteiger partial charge in [-0.2, -0.15) is 0 Å². The van der Waals surface area contributed by atoms with Crippen LogP contribution in [0.1, 0.15) is 13.3 Å². The van der Waals surface area contributed by atoms with Crippen molar-refractivity contribution >= 4 is 18.3 Å². The Morgan fingerprint density at radius 3 is 2.76 bits per heavy atom. The Kier molecular flexibility index (Phi) is 9.69. The van der Waals surface area contributed by atoms with Crippen LogP contribution in [0.5, 0.6) is 5.75 Å². The minimum Gasteiger partial charge on any atom is -0.489 e. The van der Waals surface area contributed by atoms with Crippen LogP contribution in [0.2, 0.25) is 0 Å². The van der Waals surface area contributed by atoms with Crippen LogP contribution < -0.4 is 15.8 Å². The number of carbonyl (C=O) groups is 1. The van der Waals surface area contributed by atoms with Gasteiger partial charge in [-0.15, -0.1) is 12.4 Å². The molecule has 0 fully saturated rings. The molecule has 5 nitrogen and oxygen atoms in total. The first kappa shape index (κ1) is 19.6. The molecule has 0 radical (unpaired) electrons. The van der Waals surface area contributed by atoms with Gasteiger partial charge in [0.25, 0.3) is 0 Å². The Morgan fingerprint density at radius 2 is 2.19 bits per heavy atom. The van der Waals surface area contributed by atoms with Crippen molar-refractivity contribution in [2.24, 2.45) is 5.73 Å². The quantitative estimate of drug-likeness (QED) is 0.761. The van der Waals surface area contributed by atoms with E-state index in [4.69, 9.17) is 15.2 Å². The maximum absolute atomic E-state index is 13.0. The zero-order valence-corrected chi connectivity index (χ0v) is 13.0. The molecule has 0 saturated heterocycles. The van der Waals surface area contributed by atoms with Crippen molar-refractivity contribution in [3.05, 3.63) is 30.1 Å². The van der Waals surface area contributed by atoms with E-state index >= 15 is 0 Å². The minimum absolute atomic E-state index is 0. The first-order valence-electron chi connectivity index (χ1n) is 6.47. The van der Waals surface area contributed by atoms with Gasteiger partial charge in [0.15, 0.2) is 0 Å². The van der Waals surface area contributed by atoms with Crippen molar-refractivity contribution in [3.63, 3.8) is 0 Å². The van der Waals surface area contributed by atoms with Crippen molar-refractivity contribution in [1.29, 1.82) is 0 Å². The number of rotatable bonds is 8. The normalized spacial score (nSPS) is 13.0. The second-order valence-electron chi connectivity index (χ2n) is 4.49. The number of ether oxygens (including phenoxy) is 2. The van der Waals surface area contributed by atoms with Gasteiger partial charge in [0.2, 0.25) is 5.91 Å². The fourth-order valence-corrected chi connectivity index (χ4v) is 1.61. The van der Waals surface area contributed by atoms with Crippen molar-refractivity contribution in [2.75, 3.05) is 20.2 Å². The molecule has 120 valence electrons. The van der Waals surface area contributed by atoms with E-state index in [2.05, 4.69) is 5.32 Å². The maximum atomic E-state index is 13.0. The molecule has 0 aliphatic heterocycles. The van der Waals surface area contributed by atoms with E-state index in [1.54, 1.807) is 19.1 Å². The molecule has 0 spiro atoms. The Labute approximate surface area is 130 Å². The van der Waals surface area contributed by atoms with Crippen molar-refractivity contribution in [1.82, 2.24) is 5.32 Å². The van der Waals surface area contributed by atoms with Crippen LogP contribution in [-0.4, -0.2) is 38.3 Å². The van der Waals surface area contributed by atoms with Gasteiger partial charge >= 0.3 is 0 Å². The average Bonchev–Trinajstić information content (AvgIpc) is 2.42. The van der Waals surface area contributed by atoms with E-state index < -0.39 is 0 Å². The summed E-state index contributed by atoms with van der Waals surface area (Å²) >= 11 is 0. The Balaban J connectivity index is 0.00000400. The van der Waals surface area contributed by atoms with E-state index in [0.717, 1.165) is 0 Å². The lowest BCUT2D eigenvalue weighted by Crippen LogP contribution is -2.37. The van der Waals surface area contributed by atoms with Gasteiger partial charge in [-0.05, 0) is 19.1 Å². The molecule has 0 aliphatic carbocycles. The largest absolute Gasteiger partial charge is 0.489 e. The number of nitrogens with one attached hydrogen (secondary N) is 1. The van der Waals surface area contributed by atoms with Crippen molar-refractivity contribution in [2.45, 2.75) is 25.6 Å². The Hall–Kier alpha value is -1.37. The molecule has 0 heterocycles. The number of nitrogens with two attached hydrogens (primary N) is 1. The molecular weight excluding hydrogens is 299 g/mol. The van der Waals surface area contributed by atoms with Gasteiger partial charge in [0, 0.05) is 19.7 Å². The van der Waals surface area contributed by atoms with Gasteiger partial charge in [-0.1, -0.05) is 6.07 Å². The van der Waals surface area contributed by atoms with Gasteiger partial charge in [0.1, 0.15) is 17.7 Å². The van der Waals surface area contributed by atoms with E-state index in [1.165, 1.54) is 19.2 Å². The molecule has 0 saturated carbocycles. The maximum Gasteiger partial charge on any atom is 0.222 e. The highest BCUT2D eigenvalue weighted by atomic mass is 35.5. The van der Waals surface area contributed by atoms with Crippen molar-refractivity contribution in [3.8, 4) is 5.75 Å². The predicted molar refractivity (Wildman–Crippen MR) is 81.2 cm³/mol. The minimum atomic E-state index is -0.357. The molecule has 1 aromatic rings. The zero-order valence-electron chi connectivity index (χ0n) is 12.2. The van der Waals surface area contributed by atoms with Gasteiger partial charge in [0.05, 0.1) is 19.1 Å². The third kappa shape index (κ3) is 7.84. The van der Waals surface area contributed by atoms with E-state index in [9.17, 15) is 9.18 Å². The standard InChI is InChI=1S/C14H21FN2O3.ClH/c1-10(20-12-5-3-4-11(15)6-12)9-17-14(18)7-13(8-16)19-2;/h3-6,10,13H,7-9,16H2,1-2H3,(H,17,18);1H. The van der Waals surface area contributed by atoms with Crippen LogP contribution in [0.3, 0.4) is 0 Å². The number of halogens is 2. The van der Waals surface area contributed by atoms with Gasteiger partial charge in [-0.3, -0.25) is 4.79 Å². The van der Waals surface area contributed by atoms with Crippen LogP contribution in [0.4, 0.5) is 4.39 Å². The Bertz CT molecular complexity index is 430. The summed E-state index contributed by atoms with van der Waals surface area (Å²) in [6.07, 6.45) is -0.339. The highest BCUT2D eigenvalue weighted by Gasteiger charge is 2.12. The molecule has 0 aromatic heterocycles. The molecule has 21 heavy (non-hydrogen) atoms. The number of methoxy groups -OCH3 is 1. The van der Waals surface area contributed by atoms with Crippen LogP contribution in [0.25, 0.3) is 0 Å². The fraction of sp³-hybridized carbons (Fsp3) is 0.500. The monoisotopic (exact) mass is 320 g/mol. The second kappa shape index (κ2) is 10.4. The molecule has 2 atom stereocenters. The molecular formula is C14H22ClFN2O3. The number of hydrogen-bond donors (Lipinski definition) is 2. The SMILES string of the molecule is COC(CN)CC(=O)NCC(C)Oc1cccc(F)c1.Cl. The lowest BCUT2D eigenvalue weighted by atomic mass is 10.2. The lowest BCUT2D eigenvalue weighted by Gasteiger charge is -2.17. The summed E-state index contributed by atoms with van der Waals surface area (Å²) in [5.41, 5.74) is 5.44. The summed E-state index contributed by atoms with van der Waals surface area (Å²) in [5, 5.41) is 2.72. The molecule has 3 N–H and O–H groups in total. The highest BCUT2D eigenvalue weighted by molar-refractivity contribution is 5.85. The lowest BCUT2D eigenvalue weighted by molar-refractivity contribution is -0.123. The molecule has 0 bridgehead atoms. The van der Waals surface area contributed by atoms with Gasteiger partial charge < -0.3 is 20.5 Å². The molecule has 0 aliphatic rings. The zero-order chi connectivity index (χ0) is 15.0. The Morgan fingerprint density at radius 1 is 1.48 bits per heavy atom. The number of carbonyl (C=O) groups excluding carboxylic acids is 1. The summed E-state index contributed by atoms with van der Waals surface area (Å²) in [6, 6.07) is 5.88. The summed E-state index contributed by atoms with van der Waals surface area (Å²) in [6.45, 7) is 2.41. The molecule has 7 heteroatoms. The third-order valence-corrected chi connectivity index (χ3v) is 2.73. The first-order chi connectivity index (χ1) is 9.55. The molecule has 1 aromatic carbocycles. The van der Waals surface area contributed by atoms with Crippen LogP contribution in [0, 0.1) is 5.82 Å². The molecule has 2 unspecified atom stereocenters.